The van der Waals surface area contributed by atoms with E-state index in [9.17, 15) is 19.8 Å². The number of hydrogen-bond acceptors (Lipinski definition) is 3. The van der Waals surface area contributed by atoms with E-state index in [0.29, 0.717) is 31.1 Å². The van der Waals surface area contributed by atoms with Gasteiger partial charge >= 0.3 is 5.97 Å². The largest absolute Gasteiger partial charge is 0.481 e. The van der Waals surface area contributed by atoms with E-state index >= 15 is 0 Å². The van der Waals surface area contributed by atoms with Crippen LogP contribution in [0.1, 0.15) is 54.2 Å². The van der Waals surface area contributed by atoms with Crippen molar-refractivity contribution >= 4 is 11.9 Å². The standard InChI is InChI=1S/C23H28N2O4/c26-20-12-15-24(21(27)19-9-5-14-25(19)18-10-11-18)16-23(20,22(28)29)13-4-8-17-6-2-1-3-7-17/h1-3,5-7,9,14,18,20,26H,4,8,10-13,15-16H2,(H,28,29)/t20-,23-/m1/s1. The fraction of sp³-hybridized carbons (Fsp3) is 0.478. The highest BCUT2D eigenvalue weighted by Gasteiger charge is 2.50. The highest BCUT2D eigenvalue weighted by Crippen LogP contribution is 2.39. The maximum Gasteiger partial charge on any atom is 0.314 e. The number of aryl methyl sites for hydroxylation is 1. The van der Waals surface area contributed by atoms with Crippen LogP contribution in [0.5, 0.6) is 0 Å². The second-order valence-electron chi connectivity index (χ2n) is 8.36. The van der Waals surface area contributed by atoms with Gasteiger partial charge in [-0.2, -0.15) is 0 Å². The molecule has 2 aliphatic rings. The molecule has 1 aliphatic heterocycles. The Balaban J connectivity index is 1.49. The predicted molar refractivity (Wildman–Crippen MR) is 109 cm³/mol. The van der Waals surface area contributed by atoms with Crippen LogP contribution in [0.4, 0.5) is 0 Å². The molecule has 2 N–H and O–H groups in total. The fourth-order valence-corrected chi connectivity index (χ4v) is 4.48. The molecule has 2 fully saturated rings. The lowest BCUT2D eigenvalue weighted by Crippen LogP contribution is -2.57. The van der Waals surface area contributed by atoms with Crippen molar-refractivity contribution in [2.45, 2.75) is 50.7 Å². The molecule has 2 heterocycles. The molecule has 154 valence electrons. The first-order chi connectivity index (χ1) is 14.0. The molecule has 1 amide bonds. The van der Waals surface area contributed by atoms with Crippen LogP contribution in [0, 0.1) is 5.41 Å². The maximum atomic E-state index is 13.2. The maximum absolute atomic E-state index is 13.2. The number of rotatable bonds is 7. The summed E-state index contributed by atoms with van der Waals surface area (Å²) in [6.07, 6.45) is 5.15. The van der Waals surface area contributed by atoms with E-state index in [1.807, 2.05) is 53.2 Å². The van der Waals surface area contributed by atoms with Gasteiger partial charge in [0, 0.05) is 25.3 Å². The number of carbonyl (C=O) groups is 2. The van der Waals surface area contributed by atoms with Gasteiger partial charge in [-0.1, -0.05) is 30.3 Å². The Kier molecular flexibility index (Phi) is 5.46. The third kappa shape index (κ3) is 3.94. The Bertz CT molecular complexity index is 874. The van der Waals surface area contributed by atoms with E-state index in [-0.39, 0.29) is 18.9 Å². The summed E-state index contributed by atoms with van der Waals surface area (Å²) in [6.45, 7) is 0.427. The third-order valence-electron chi connectivity index (χ3n) is 6.37. The Hall–Kier alpha value is -2.60. The van der Waals surface area contributed by atoms with Crippen LogP contribution in [0.2, 0.25) is 0 Å². The molecule has 0 spiro atoms. The topological polar surface area (TPSA) is 82.8 Å². The highest BCUT2D eigenvalue weighted by molar-refractivity contribution is 5.93. The Morgan fingerprint density at radius 3 is 2.52 bits per heavy atom. The molecule has 1 aromatic carbocycles. The summed E-state index contributed by atoms with van der Waals surface area (Å²) >= 11 is 0. The van der Waals surface area contributed by atoms with Crippen molar-refractivity contribution in [3.8, 4) is 0 Å². The van der Waals surface area contributed by atoms with Gasteiger partial charge in [0.1, 0.15) is 11.1 Å². The van der Waals surface area contributed by atoms with Crippen molar-refractivity contribution in [1.82, 2.24) is 9.47 Å². The second kappa shape index (κ2) is 8.03. The lowest BCUT2D eigenvalue weighted by molar-refractivity contribution is -0.162. The number of carboxylic acid groups (broad SMARTS) is 1. The zero-order valence-electron chi connectivity index (χ0n) is 16.5. The summed E-state index contributed by atoms with van der Waals surface area (Å²) in [4.78, 5) is 27.0. The molecule has 0 bridgehead atoms. The van der Waals surface area contributed by atoms with Gasteiger partial charge in [-0.3, -0.25) is 9.59 Å². The molecule has 2 aromatic rings. The molecule has 29 heavy (non-hydrogen) atoms. The molecule has 2 atom stereocenters. The van der Waals surface area contributed by atoms with E-state index in [2.05, 4.69) is 0 Å². The van der Waals surface area contributed by atoms with Crippen molar-refractivity contribution in [3.63, 3.8) is 0 Å². The molecule has 1 aromatic heterocycles. The number of likely N-dealkylation sites (tertiary alicyclic amines) is 1. The van der Waals surface area contributed by atoms with Gasteiger partial charge in [0.15, 0.2) is 0 Å². The van der Waals surface area contributed by atoms with Gasteiger partial charge in [0.2, 0.25) is 0 Å². The number of piperidine rings is 1. The summed E-state index contributed by atoms with van der Waals surface area (Å²) in [5.41, 5.74) is 0.445. The van der Waals surface area contributed by atoms with Crippen LogP contribution in [0.3, 0.4) is 0 Å². The van der Waals surface area contributed by atoms with Crippen molar-refractivity contribution in [2.24, 2.45) is 5.41 Å². The molecule has 1 aliphatic carbocycles. The van der Waals surface area contributed by atoms with E-state index < -0.39 is 17.5 Å². The van der Waals surface area contributed by atoms with E-state index in [1.165, 1.54) is 0 Å². The molecule has 4 rings (SSSR count). The van der Waals surface area contributed by atoms with E-state index in [4.69, 9.17) is 0 Å². The summed E-state index contributed by atoms with van der Waals surface area (Å²) in [5, 5.41) is 20.7. The monoisotopic (exact) mass is 396 g/mol. The van der Waals surface area contributed by atoms with Gasteiger partial charge in [-0.15, -0.1) is 0 Å². The van der Waals surface area contributed by atoms with Gasteiger partial charge in [-0.25, -0.2) is 0 Å². The quantitative estimate of drug-likeness (QED) is 0.753. The first-order valence-electron chi connectivity index (χ1n) is 10.4. The number of amides is 1. The Labute approximate surface area is 170 Å². The minimum Gasteiger partial charge on any atom is -0.481 e. The van der Waals surface area contributed by atoms with Crippen LogP contribution in [-0.2, 0) is 11.2 Å². The van der Waals surface area contributed by atoms with Gasteiger partial charge < -0.3 is 19.7 Å². The summed E-state index contributed by atoms with van der Waals surface area (Å²) < 4.78 is 2.01. The van der Waals surface area contributed by atoms with Crippen molar-refractivity contribution in [3.05, 3.63) is 59.9 Å². The minimum absolute atomic E-state index is 0.0486. The molecule has 1 saturated carbocycles. The fourth-order valence-electron chi connectivity index (χ4n) is 4.48. The van der Waals surface area contributed by atoms with Crippen molar-refractivity contribution < 1.29 is 19.8 Å². The zero-order valence-corrected chi connectivity index (χ0v) is 16.5. The predicted octanol–water partition coefficient (Wildman–Crippen LogP) is 3.12. The SMILES string of the molecule is O=C(c1cccn1C1CC1)N1CC[C@@H](O)[C@](CCCc2ccccc2)(C(=O)O)C1. The molecule has 1 saturated heterocycles. The number of aromatic nitrogens is 1. The summed E-state index contributed by atoms with van der Waals surface area (Å²) in [7, 11) is 0. The number of aliphatic carboxylic acids is 1. The van der Waals surface area contributed by atoms with Crippen LogP contribution < -0.4 is 0 Å². The number of carboxylic acids is 1. The molecular formula is C23H28N2O4. The lowest BCUT2D eigenvalue weighted by atomic mass is 9.73. The second-order valence-corrected chi connectivity index (χ2v) is 8.36. The van der Waals surface area contributed by atoms with Crippen LogP contribution >= 0.6 is 0 Å². The van der Waals surface area contributed by atoms with Crippen LogP contribution in [0.15, 0.2) is 48.7 Å². The zero-order chi connectivity index (χ0) is 20.4. The average molecular weight is 396 g/mol. The first kappa shape index (κ1) is 19.7. The molecule has 0 radical (unpaired) electrons. The molecule has 6 nitrogen and oxygen atoms in total. The van der Waals surface area contributed by atoms with E-state index in [0.717, 1.165) is 24.8 Å². The van der Waals surface area contributed by atoms with E-state index in [1.54, 1.807) is 4.90 Å². The third-order valence-corrected chi connectivity index (χ3v) is 6.37. The van der Waals surface area contributed by atoms with Gasteiger partial charge in [0.25, 0.3) is 5.91 Å². The molecule has 0 unspecified atom stereocenters. The Morgan fingerprint density at radius 1 is 1.07 bits per heavy atom. The van der Waals surface area contributed by atoms with Gasteiger partial charge in [0.05, 0.1) is 6.10 Å². The normalized spacial score (nSPS) is 24.4. The molecule has 6 heteroatoms. The Morgan fingerprint density at radius 2 is 1.83 bits per heavy atom. The number of benzene rings is 1. The van der Waals surface area contributed by atoms with Crippen LogP contribution in [-0.4, -0.2) is 50.8 Å². The molecular weight excluding hydrogens is 368 g/mol. The summed E-state index contributed by atoms with van der Waals surface area (Å²) in [6, 6.07) is 14.0. The summed E-state index contributed by atoms with van der Waals surface area (Å²) in [5.74, 6) is -1.16. The smallest absolute Gasteiger partial charge is 0.314 e. The van der Waals surface area contributed by atoms with Crippen LogP contribution in [0.25, 0.3) is 0 Å². The first-order valence-corrected chi connectivity index (χ1v) is 10.4. The number of aliphatic hydroxyl groups excluding tert-OH is 1. The average Bonchev–Trinajstić information content (AvgIpc) is 3.46. The minimum atomic E-state index is -1.32. The number of aliphatic hydroxyl groups is 1. The van der Waals surface area contributed by atoms with Crippen molar-refractivity contribution in [2.75, 3.05) is 13.1 Å². The number of hydrogen-bond donors (Lipinski definition) is 2. The van der Waals surface area contributed by atoms with Crippen molar-refractivity contribution in [1.29, 1.82) is 0 Å². The number of carbonyl (C=O) groups excluding carboxylic acids is 1. The lowest BCUT2D eigenvalue weighted by Gasteiger charge is -2.43. The highest BCUT2D eigenvalue weighted by atomic mass is 16.4. The van der Waals surface area contributed by atoms with Gasteiger partial charge in [-0.05, 0) is 56.2 Å². The number of nitrogens with zero attached hydrogens (tertiary/aromatic N) is 2.